The van der Waals surface area contributed by atoms with Crippen LogP contribution in [0.4, 0.5) is 11.4 Å². The lowest BCUT2D eigenvalue weighted by Gasteiger charge is -2.31. The molecule has 1 aromatic carbocycles. The zero-order chi connectivity index (χ0) is 11.4. The fourth-order valence-corrected chi connectivity index (χ4v) is 2.68. The Morgan fingerprint density at radius 3 is 2.69 bits per heavy atom. The lowest BCUT2D eigenvalue weighted by Crippen LogP contribution is -2.33. The second-order valence-electron chi connectivity index (χ2n) is 4.73. The van der Waals surface area contributed by atoms with Gasteiger partial charge >= 0.3 is 0 Å². The average Bonchev–Trinajstić information content (AvgIpc) is 2.79. The molecule has 2 N–H and O–H groups in total. The predicted octanol–water partition coefficient (Wildman–Crippen LogP) is 3.43. The van der Waals surface area contributed by atoms with E-state index in [0.717, 1.165) is 18.3 Å². The van der Waals surface area contributed by atoms with Crippen LogP contribution in [0.1, 0.15) is 39.0 Å². The summed E-state index contributed by atoms with van der Waals surface area (Å²) in [6.45, 7) is 3.39. The third-order valence-corrected chi connectivity index (χ3v) is 3.43. The van der Waals surface area contributed by atoms with E-state index in [9.17, 15) is 0 Å². The van der Waals surface area contributed by atoms with Crippen LogP contribution in [0, 0.1) is 0 Å². The van der Waals surface area contributed by atoms with Crippen molar-refractivity contribution in [2.75, 3.05) is 17.2 Å². The minimum atomic E-state index is 0.738. The van der Waals surface area contributed by atoms with Crippen LogP contribution in [-0.4, -0.2) is 12.6 Å². The molecule has 0 radical (unpaired) electrons. The van der Waals surface area contributed by atoms with E-state index in [2.05, 4.69) is 30.0 Å². The summed E-state index contributed by atoms with van der Waals surface area (Å²) < 4.78 is 0. The first-order chi connectivity index (χ1) is 7.81. The van der Waals surface area contributed by atoms with Gasteiger partial charge in [-0.25, -0.2) is 0 Å². The van der Waals surface area contributed by atoms with Gasteiger partial charge in [0.25, 0.3) is 0 Å². The zero-order valence-corrected chi connectivity index (χ0v) is 10.2. The molecule has 1 fully saturated rings. The van der Waals surface area contributed by atoms with E-state index in [4.69, 9.17) is 5.73 Å². The van der Waals surface area contributed by atoms with E-state index >= 15 is 0 Å². The molecular weight excluding hydrogens is 196 g/mol. The molecule has 0 unspecified atom stereocenters. The number of nitrogens with zero attached hydrogens (tertiary/aromatic N) is 1. The van der Waals surface area contributed by atoms with Gasteiger partial charge < -0.3 is 10.6 Å². The molecule has 0 aliphatic heterocycles. The molecule has 2 heteroatoms. The van der Waals surface area contributed by atoms with Crippen molar-refractivity contribution in [3.05, 3.63) is 24.3 Å². The van der Waals surface area contributed by atoms with Gasteiger partial charge in [0.1, 0.15) is 0 Å². The van der Waals surface area contributed by atoms with Crippen molar-refractivity contribution < 1.29 is 0 Å². The minimum Gasteiger partial charge on any atom is -0.399 e. The van der Waals surface area contributed by atoms with E-state index in [1.165, 1.54) is 37.8 Å². The Labute approximate surface area is 98.4 Å². The Balaban J connectivity index is 2.17. The highest BCUT2D eigenvalue weighted by molar-refractivity contribution is 5.56. The van der Waals surface area contributed by atoms with Gasteiger partial charge in [0, 0.05) is 24.0 Å². The smallest absolute Gasteiger partial charge is 0.0389 e. The summed E-state index contributed by atoms with van der Waals surface area (Å²) in [7, 11) is 0. The summed E-state index contributed by atoms with van der Waals surface area (Å²) >= 11 is 0. The van der Waals surface area contributed by atoms with Gasteiger partial charge in [-0.05, 0) is 37.5 Å². The van der Waals surface area contributed by atoms with E-state index in [1.807, 2.05) is 6.07 Å². The Bertz CT molecular complexity index is 329. The molecule has 0 atom stereocenters. The SMILES string of the molecule is CCCN(c1cccc(N)c1)C1CCCC1. The zero-order valence-electron chi connectivity index (χ0n) is 10.2. The van der Waals surface area contributed by atoms with Gasteiger partial charge in [0.05, 0.1) is 0 Å². The average molecular weight is 218 g/mol. The highest BCUT2D eigenvalue weighted by Crippen LogP contribution is 2.29. The van der Waals surface area contributed by atoms with Crippen LogP contribution in [0.2, 0.25) is 0 Å². The van der Waals surface area contributed by atoms with Crippen LogP contribution in [0.15, 0.2) is 24.3 Å². The van der Waals surface area contributed by atoms with Crippen molar-refractivity contribution in [3.63, 3.8) is 0 Å². The molecule has 0 heterocycles. The van der Waals surface area contributed by atoms with Crippen molar-refractivity contribution >= 4 is 11.4 Å². The first-order valence-corrected chi connectivity index (χ1v) is 6.43. The lowest BCUT2D eigenvalue weighted by molar-refractivity contribution is 0.600. The van der Waals surface area contributed by atoms with Crippen LogP contribution in [0.3, 0.4) is 0 Å². The number of hydrogen-bond acceptors (Lipinski definition) is 2. The van der Waals surface area contributed by atoms with Gasteiger partial charge in [-0.15, -0.1) is 0 Å². The molecule has 16 heavy (non-hydrogen) atoms. The first-order valence-electron chi connectivity index (χ1n) is 6.43. The van der Waals surface area contributed by atoms with Crippen molar-refractivity contribution in [3.8, 4) is 0 Å². The molecule has 1 aliphatic rings. The molecule has 0 spiro atoms. The standard InChI is InChI=1S/C14H22N2/c1-2-10-16(13-7-3-4-8-13)14-9-5-6-12(15)11-14/h5-6,9,11,13H,2-4,7-8,10,15H2,1H3. The molecule has 1 aliphatic carbocycles. The Kier molecular flexibility index (Phi) is 3.70. The highest BCUT2D eigenvalue weighted by atomic mass is 15.2. The van der Waals surface area contributed by atoms with Crippen LogP contribution < -0.4 is 10.6 Å². The quantitative estimate of drug-likeness (QED) is 0.784. The molecule has 2 rings (SSSR count). The minimum absolute atomic E-state index is 0.738. The third kappa shape index (κ3) is 2.49. The van der Waals surface area contributed by atoms with Gasteiger partial charge in [0.2, 0.25) is 0 Å². The molecule has 0 saturated heterocycles. The number of hydrogen-bond donors (Lipinski definition) is 1. The topological polar surface area (TPSA) is 29.3 Å². The second-order valence-corrected chi connectivity index (χ2v) is 4.73. The maximum atomic E-state index is 5.86. The molecular formula is C14H22N2. The number of benzene rings is 1. The maximum absolute atomic E-state index is 5.86. The largest absolute Gasteiger partial charge is 0.399 e. The summed E-state index contributed by atoms with van der Waals surface area (Å²) in [5.74, 6) is 0. The van der Waals surface area contributed by atoms with E-state index in [1.54, 1.807) is 0 Å². The Morgan fingerprint density at radius 2 is 2.06 bits per heavy atom. The molecule has 2 nitrogen and oxygen atoms in total. The van der Waals surface area contributed by atoms with Crippen LogP contribution in [0.25, 0.3) is 0 Å². The van der Waals surface area contributed by atoms with Gasteiger partial charge in [0.15, 0.2) is 0 Å². The second kappa shape index (κ2) is 5.24. The monoisotopic (exact) mass is 218 g/mol. The van der Waals surface area contributed by atoms with Crippen molar-refractivity contribution in [2.45, 2.75) is 45.1 Å². The first kappa shape index (κ1) is 11.3. The molecule has 1 saturated carbocycles. The number of rotatable bonds is 4. The van der Waals surface area contributed by atoms with E-state index in [-0.39, 0.29) is 0 Å². The number of nitrogens with two attached hydrogens (primary N) is 1. The van der Waals surface area contributed by atoms with Crippen LogP contribution in [0.5, 0.6) is 0 Å². The number of nitrogen functional groups attached to an aromatic ring is 1. The molecule has 1 aromatic rings. The summed E-state index contributed by atoms with van der Waals surface area (Å²) in [5, 5.41) is 0. The summed E-state index contributed by atoms with van der Waals surface area (Å²) in [6.07, 6.45) is 6.65. The third-order valence-electron chi connectivity index (χ3n) is 3.43. The Morgan fingerprint density at radius 1 is 1.31 bits per heavy atom. The highest BCUT2D eigenvalue weighted by Gasteiger charge is 2.22. The fraction of sp³-hybridized carbons (Fsp3) is 0.571. The van der Waals surface area contributed by atoms with Gasteiger partial charge in [-0.2, -0.15) is 0 Å². The van der Waals surface area contributed by atoms with E-state index < -0.39 is 0 Å². The van der Waals surface area contributed by atoms with Crippen molar-refractivity contribution in [1.82, 2.24) is 0 Å². The summed E-state index contributed by atoms with van der Waals surface area (Å²) in [6, 6.07) is 9.05. The van der Waals surface area contributed by atoms with Crippen molar-refractivity contribution in [1.29, 1.82) is 0 Å². The van der Waals surface area contributed by atoms with E-state index in [0.29, 0.717) is 0 Å². The molecule has 0 bridgehead atoms. The van der Waals surface area contributed by atoms with Crippen LogP contribution in [-0.2, 0) is 0 Å². The van der Waals surface area contributed by atoms with Crippen molar-refractivity contribution in [2.24, 2.45) is 0 Å². The lowest BCUT2D eigenvalue weighted by atomic mass is 10.1. The Hall–Kier alpha value is -1.18. The summed E-state index contributed by atoms with van der Waals surface area (Å²) in [5.41, 5.74) is 8.04. The maximum Gasteiger partial charge on any atom is 0.0389 e. The van der Waals surface area contributed by atoms with Crippen LogP contribution >= 0.6 is 0 Å². The molecule has 0 aromatic heterocycles. The molecule has 88 valence electrons. The van der Waals surface area contributed by atoms with Gasteiger partial charge in [-0.3, -0.25) is 0 Å². The molecule has 0 amide bonds. The summed E-state index contributed by atoms with van der Waals surface area (Å²) in [4.78, 5) is 2.54. The van der Waals surface area contributed by atoms with Gasteiger partial charge in [-0.1, -0.05) is 25.8 Å². The predicted molar refractivity (Wildman–Crippen MR) is 70.7 cm³/mol. The normalized spacial score (nSPS) is 16.6. The number of anilines is 2. The fourth-order valence-electron chi connectivity index (χ4n) is 2.68.